The van der Waals surface area contributed by atoms with Gasteiger partial charge in [-0.15, -0.1) is 0 Å². The molecule has 0 unspecified atom stereocenters. The van der Waals surface area contributed by atoms with E-state index < -0.39 is 29.4 Å². The van der Waals surface area contributed by atoms with Crippen LogP contribution in [0.4, 0.5) is 19.1 Å². The molecular formula is C20H20ClF3N6O4. The number of benzene rings is 1. The van der Waals surface area contributed by atoms with E-state index in [1.54, 1.807) is 38.1 Å². The summed E-state index contributed by atoms with van der Waals surface area (Å²) in [7, 11) is 0. The highest BCUT2D eigenvalue weighted by Gasteiger charge is 2.43. The fraction of sp³-hybridized carbons (Fsp3) is 0.400. The molecule has 3 heterocycles. The molecule has 4 rings (SSSR count). The summed E-state index contributed by atoms with van der Waals surface area (Å²) < 4.78 is 40.8. The molecular weight excluding hydrogens is 481 g/mol. The predicted molar refractivity (Wildman–Crippen MR) is 118 cm³/mol. The van der Waals surface area contributed by atoms with E-state index in [2.05, 4.69) is 15.1 Å². The summed E-state index contributed by atoms with van der Waals surface area (Å²) in [5.74, 6) is -2.43. The first-order chi connectivity index (χ1) is 16.0. The number of fused-ring (bicyclic) bond motifs is 1. The number of imidazole rings is 1. The molecule has 0 bridgehead atoms. The Hall–Kier alpha value is -3.32. The average molecular weight is 501 g/mol. The van der Waals surface area contributed by atoms with Crippen molar-refractivity contribution in [1.82, 2.24) is 24.2 Å². The summed E-state index contributed by atoms with van der Waals surface area (Å²) in [5, 5.41) is 3.43. The summed E-state index contributed by atoms with van der Waals surface area (Å²) in [5.41, 5.74) is -2.55. The monoisotopic (exact) mass is 500 g/mol. The van der Waals surface area contributed by atoms with Crippen LogP contribution in [0.3, 0.4) is 0 Å². The van der Waals surface area contributed by atoms with Crippen LogP contribution in [0.1, 0.15) is 19.9 Å². The maximum Gasteiger partial charge on any atom is 0.493 e. The second-order valence-electron chi connectivity index (χ2n) is 7.83. The average Bonchev–Trinajstić information content (AvgIpc) is 3.16. The van der Waals surface area contributed by atoms with E-state index >= 15 is 0 Å². The van der Waals surface area contributed by atoms with E-state index in [1.165, 1.54) is 4.57 Å². The number of aromatic nitrogens is 4. The molecule has 1 aliphatic rings. The minimum Gasteiger partial charge on any atom is -0.339 e. The van der Waals surface area contributed by atoms with E-state index in [-0.39, 0.29) is 26.9 Å². The second kappa shape index (κ2) is 8.80. The third-order valence-corrected chi connectivity index (χ3v) is 5.57. The van der Waals surface area contributed by atoms with Gasteiger partial charge in [-0.3, -0.25) is 13.9 Å². The van der Waals surface area contributed by atoms with Gasteiger partial charge in [0, 0.05) is 32.2 Å². The third kappa shape index (κ3) is 4.05. The number of nitrogens with one attached hydrogen (secondary N) is 1. The van der Waals surface area contributed by atoms with Crippen molar-refractivity contribution in [2.75, 3.05) is 31.1 Å². The fourth-order valence-corrected chi connectivity index (χ4v) is 3.97. The Labute approximate surface area is 195 Å². The molecule has 0 saturated carbocycles. The third-order valence-electron chi connectivity index (χ3n) is 5.25. The minimum atomic E-state index is -5.42. The zero-order valence-electron chi connectivity index (χ0n) is 18.1. The van der Waals surface area contributed by atoms with Gasteiger partial charge in [0.1, 0.15) is 0 Å². The highest BCUT2D eigenvalue weighted by molar-refractivity contribution is 6.32. The summed E-state index contributed by atoms with van der Waals surface area (Å²) in [6.45, 7) is 5.43. The number of anilines is 1. The maximum atomic E-state index is 13.4. The van der Waals surface area contributed by atoms with Gasteiger partial charge in [0.25, 0.3) is 0 Å². The summed E-state index contributed by atoms with van der Waals surface area (Å²) in [6.07, 6.45) is -5.42. The number of para-hydroxylation sites is 1. The van der Waals surface area contributed by atoms with E-state index in [4.69, 9.17) is 11.6 Å². The Balaban J connectivity index is 2.12. The van der Waals surface area contributed by atoms with Gasteiger partial charge in [0.15, 0.2) is 11.2 Å². The van der Waals surface area contributed by atoms with Crippen LogP contribution in [-0.2, 0) is 4.79 Å². The van der Waals surface area contributed by atoms with Gasteiger partial charge in [-0.05, 0) is 26.0 Å². The van der Waals surface area contributed by atoms with Crippen molar-refractivity contribution in [3.05, 3.63) is 50.1 Å². The molecule has 34 heavy (non-hydrogen) atoms. The summed E-state index contributed by atoms with van der Waals surface area (Å²) in [4.78, 5) is 48.5. The molecule has 1 aromatic carbocycles. The first kappa shape index (κ1) is 23.8. The van der Waals surface area contributed by atoms with Gasteiger partial charge in [0.2, 0.25) is 5.95 Å². The molecule has 1 N–H and O–H groups in total. The molecule has 1 saturated heterocycles. The van der Waals surface area contributed by atoms with Crippen molar-refractivity contribution >= 4 is 34.7 Å². The van der Waals surface area contributed by atoms with Gasteiger partial charge in [-0.25, -0.2) is 9.59 Å². The number of carbonyl (C=O) groups is 1. The number of carbonyl (C=O) groups excluding carboxylic acids is 1. The maximum absolute atomic E-state index is 13.4. The molecule has 3 aromatic rings. The van der Waals surface area contributed by atoms with Crippen LogP contribution in [-0.4, -0.2) is 57.2 Å². The molecule has 1 fully saturated rings. The number of piperazine rings is 1. The zero-order chi connectivity index (χ0) is 24.8. The Kier molecular flexibility index (Phi) is 6.16. The number of nitrogens with zero attached hydrogens (tertiary/aromatic N) is 5. The lowest BCUT2D eigenvalue weighted by atomic mass is 10.3. The molecule has 14 heteroatoms. The van der Waals surface area contributed by atoms with Gasteiger partial charge in [-0.1, -0.05) is 28.5 Å². The molecule has 0 amide bonds. The quantitative estimate of drug-likeness (QED) is 0.579. The van der Waals surface area contributed by atoms with Crippen LogP contribution >= 0.6 is 11.6 Å². The zero-order valence-corrected chi connectivity index (χ0v) is 18.9. The van der Waals surface area contributed by atoms with Crippen molar-refractivity contribution in [2.45, 2.75) is 26.1 Å². The van der Waals surface area contributed by atoms with Crippen LogP contribution in [0, 0.1) is 0 Å². The van der Waals surface area contributed by atoms with Crippen molar-refractivity contribution < 1.29 is 22.8 Å². The smallest absolute Gasteiger partial charge is 0.339 e. The molecule has 1 aliphatic heterocycles. The lowest BCUT2D eigenvalue weighted by Crippen LogP contribution is -2.48. The van der Waals surface area contributed by atoms with Crippen LogP contribution in [0.25, 0.3) is 16.9 Å². The largest absolute Gasteiger partial charge is 0.493 e. The minimum absolute atomic E-state index is 0.0715. The van der Waals surface area contributed by atoms with E-state index in [0.717, 1.165) is 4.57 Å². The second-order valence-corrected chi connectivity index (χ2v) is 8.24. The number of alkyl halides is 3. The normalized spacial score (nSPS) is 14.7. The lowest BCUT2D eigenvalue weighted by Gasteiger charge is -2.28. The predicted octanol–water partition coefficient (Wildman–Crippen LogP) is 1.51. The molecule has 0 atom stereocenters. The Morgan fingerprint density at radius 3 is 2.41 bits per heavy atom. The van der Waals surface area contributed by atoms with E-state index in [1.807, 2.05) is 4.90 Å². The molecule has 182 valence electrons. The molecule has 2 aromatic heterocycles. The van der Waals surface area contributed by atoms with Gasteiger partial charge in [-0.2, -0.15) is 18.2 Å². The van der Waals surface area contributed by atoms with E-state index in [0.29, 0.717) is 31.9 Å². The van der Waals surface area contributed by atoms with Crippen LogP contribution in [0.15, 0.2) is 33.9 Å². The van der Waals surface area contributed by atoms with Gasteiger partial charge in [0.05, 0.1) is 10.7 Å². The fourth-order valence-electron chi connectivity index (χ4n) is 3.75. The van der Waals surface area contributed by atoms with Crippen molar-refractivity contribution in [3.63, 3.8) is 0 Å². The van der Waals surface area contributed by atoms with Crippen LogP contribution in [0.2, 0.25) is 5.02 Å². The first-order valence-electron chi connectivity index (χ1n) is 10.3. The highest BCUT2D eigenvalue weighted by Crippen LogP contribution is 2.30. The molecule has 0 spiro atoms. The molecule has 10 nitrogen and oxygen atoms in total. The number of rotatable bonds is 4. The number of hydrogen-bond acceptors (Lipinski definition) is 7. The van der Waals surface area contributed by atoms with Crippen molar-refractivity contribution in [3.8, 4) is 5.69 Å². The Morgan fingerprint density at radius 1 is 1.18 bits per heavy atom. The molecule has 0 aliphatic carbocycles. The Bertz CT molecular complexity index is 1370. The lowest BCUT2D eigenvalue weighted by molar-refractivity contribution is -0.200. The highest BCUT2D eigenvalue weighted by atomic mass is 35.5. The van der Waals surface area contributed by atoms with Crippen molar-refractivity contribution in [2.24, 2.45) is 0 Å². The van der Waals surface area contributed by atoms with Gasteiger partial charge >= 0.3 is 23.4 Å². The number of halogens is 4. The number of hydrogen-bond donors (Lipinski definition) is 1. The SMILES string of the molecule is CC(C)n1c(=O)n(OC(=O)C(F)(F)F)c(=O)c2c1nc(N1CCNCC1)n2-c1ccccc1Cl. The van der Waals surface area contributed by atoms with Crippen LogP contribution < -0.4 is 26.3 Å². The van der Waals surface area contributed by atoms with E-state index in [9.17, 15) is 27.6 Å². The summed E-state index contributed by atoms with van der Waals surface area (Å²) in [6, 6.07) is 5.87. The Morgan fingerprint density at radius 2 is 1.82 bits per heavy atom. The van der Waals surface area contributed by atoms with Crippen LogP contribution in [0.5, 0.6) is 0 Å². The first-order valence-corrected chi connectivity index (χ1v) is 10.7. The standard InChI is InChI=1S/C20H20ClF3N6O4/c1-11(2)28-15-14(16(31)30(19(28)33)34-17(32)20(22,23)24)29(13-6-4-3-5-12(13)21)18(26-15)27-9-7-25-8-10-27/h3-6,11,25H,7-10H2,1-2H3. The van der Waals surface area contributed by atoms with Gasteiger partial charge < -0.3 is 15.1 Å². The molecule has 0 radical (unpaired) electrons. The summed E-state index contributed by atoms with van der Waals surface area (Å²) >= 11 is 6.41. The van der Waals surface area contributed by atoms with Crippen molar-refractivity contribution in [1.29, 1.82) is 0 Å². The topological polar surface area (TPSA) is 103 Å².